The average molecular weight is 466 g/mol. The van der Waals surface area contributed by atoms with E-state index in [0.717, 1.165) is 60.0 Å². The Morgan fingerprint density at radius 2 is 2.24 bits per heavy atom. The van der Waals surface area contributed by atoms with Gasteiger partial charge in [0.05, 0.1) is 23.1 Å². The summed E-state index contributed by atoms with van der Waals surface area (Å²) >= 11 is 4.40. The van der Waals surface area contributed by atoms with E-state index in [1.54, 1.807) is 29.2 Å². The highest BCUT2D eigenvalue weighted by molar-refractivity contribution is 8.93. The number of rotatable bonds is 7. The molecule has 0 unspecified atom stereocenters. The summed E-state index contributed by atoms with van der Waals surface area (Å²) in [6, 6.07) is 1.71. The molecule has 3 rings (SSSR count). The molecule has 0 saturated carbocycles. The largest absolute Gasteiger partial charge is 0.477 e. The van der Waals surface area contributed by atoms with Crippen molar-refractivity contribution in [3.8, 4) is 11.3 Å². The van der Waals surface area contributed by atoms with Crippen LogP contribution in [0.25, 0.3) is 11.3 Å². The Labute approximate surface area is 169 Å². The molecule has 10 heteroatoms. The van der Waals surface area contributed by atoms with E-state index in [-0.39, 0.29) is 17.0 Å². The maximum Gasteiger partial charge on any atom is 0.345 e. The molecular weight excluding hydrogens is 446 g/mol. The minimum atomic E-state index is -0.888. The van der Waals surface area contributed by atoms with E-state index < -0.39 is 5.97 Å². The maximum atomic E-state index is 11.2. The van der Waals surface area contributed by atoms with Crippen LogP contribution < -0.4 is 5.32 Å². The Kier molecular flexibility index (Phi) is 8.17. The van der Waals surface area contributed by atoms with Crippen molar-refractivity contribution in [1.82, 2.24) is 9.88 Å². The first kappa shape index (κ1) is 20.7. The van der Waals surface area contributed by atoms with Gasteiger partial charge in [0.25, 0.3) is 0 Å². The average Bonchev–Trinajstić information content (AvgIpc) is 3.22. The van der Waals surface area contributed by atoms with Crippen molar-refractivity contribution in [3.05, 3.63) is 16.3 Å². The fourth-order valence-corrected chi connectivity index (χ4v) is 4.90. The molecule has 2 aromatic rings. The number of aromatic carboxylic acids is 1. The van der Waals surface area contributed by atoms with Gasteiger partial charge in [-0.3, -0.25) is 4.90 Å². The van der Waals surface area contributed by atoms with Gasteiger partial charge in [0.15, 0.2) is 5.13 Å². The van der Waals surface area contributed by atoms with E-state index in [9.17, 15) is 4.79 Å². The summed E-state index contributed by atoms with van der Waals surface area (Å²) < 4.78 is 6.33. The number of thiazole rings is 1. The van der Waals surface area contributed by atoms with Crippen LogP contribution in [-0.2, 0) is 4.74 Å². The summed E-state index contributed by atoms with van der Waals surface area (Å²) in [6.07, 6.45) is 1.95. The second-order valence-corrected chi connectivity index (χ2v) is 8.22. The number of nitrogens with zero attached hydrogens (tertiary/aromatic N) is 2. The molecule has 0 aliphatic carbocycles. The Morgan fingerprint density at radius 1 is 1.48 bits per heavy atom. The number of hydrogen-bond acceptors (Lipinski definition) is 8. The lowest BCUT2D eigenvalue weighted by Gasteiger charge is -2.26. The first-order valence-electron chi connectivity index (χ1n) is 7.58. The molecule has 6 nitrogen and oxygen atoms in total. The van der Waals surface area contributed by atoms with Crippen LogP contribution in [0, 0.1) is 0 Å². The van der Waals surface area contributed by atoms with Crippen LogP contribution in [0.4, 0.5) is 5.13 Å². The highest BCUT2D eigenvalue weighted by Crippen LogP contribution is 2.38. The Hall–Kier alpha value is -0.650. The van der Waals surface area contributed by atoms with Crippen LogP contribution in [0.3, 0.4) is 0 Å². The van der Waals surface area contributed by atoms with E-state index in [0.29, 0.717) is 4.88 Å². The smallest absolute Gasteiger partial charge is 0.345 e. The van der Waals surface area contributed by atoms with Crippen molar-refractivity contribution in [2.45, 2.75) is 4.21 Å². The number of thiophene rings is 1. The Morgan fingerprint density at radius 3 is 2.92 bits per heavy atom. The van der Waals surface area contributed by atoms with Gasteiger partial charge >= 0.3 is 5.97 Å². The van der Waals surface area contributed by atoms with E-state index in [1.165, 1.54) is 11.3 Å². The second kappa shape index (κ2) is 9.89. The van der Waals surface area contributed by atoms with Crippen LogP contribution in [-0.4, -0.2) is 66.6 Å². The Balaban J connectivity index is 0.00000225. The van der Waals surface area contributed by atoms with Crippen molar-refractivity contribution in [2.75, 3.05) is 51.0 Å². The summed E-state index contributed by atoms with van der Waals surface area (Å²) in [4.78, 5) is 18.5. The number of halogens is 1. The molecule has 1 aliphatic rings. The maximum absolute atomic E-state index is 11.2. The zero-order chi connectivity index (χ0) is 16.9. The van der Waals surface area contributed by atoms with E-state index in [4.69, 9.17) is 9.84 Å². The lowest BCUT2D eigenvalue weighted by molar-refractivity contribution is 0.0398. The molecule has 0 aromatic carbocycles. The van der Waals surface area contributed by atoms with Crippen LogP contribution in [0.2, 0.25) is 0 Å². The van der Waals surface area contributed by atoms with Gasteiger partial charge in [0.2, 0.25) is 0 Å². The molecule has 2 aromatic heterocycles. The van der Waals surface area contributed by atoms with Crippen molar-refractivity contribution in [1.29, 1.82) is 0 Å². The summed E-state index contributed by atoms with van der Waals surface area (Å²) in [5, 5.41) is 15.4. The van der Waals surface area contributed by atoms with Gasteiger partial charge in [-0.05, 0) is 12.3 Å². The van der Waals surface area contributed by atoms with Crippen LogP contribution in [0.5, 0.6) is 0 Å². The molecule has 138 valence electrons. The first-order chi connectivity index (χ1) is 11.7. The minimum Gasteiger partial charge on any atom is -0.477 e. The second-order valence-electron chi connectivity index (χ2n) is 5.24. The molecule has 0 bridgehead atoms. The predicted molar refractivity (Wildman–Crippen MR) is 110 cm³/mol. The van der Waals surface area contributed by atoms with E-state index >= 15 is 0 Å². The van der Waals surface area contributed by atoms with Crippen LogP contribution in [0.1, 0.15) is 9.67 Å². The minimum absolute atomic E-state index is 0. The van der Waals surface area contributed by atoms with Crippen molar-refractivity contribution >= 4 is 62.5 Å². The SMILES string of the molecule is Br.CSc1sc(C(=O)O)cc1-c1csc(NCCN2CCOCC2)n1. The zero-order valence-electron chi connectivity index (χ0n) is 13.7. The summed E-state index contributed by atoms with van der Waals surface area (Å²) in [5.41, 5.74) is 1.74. The van der Waals surface area contributed by atoms with Gasteiger partial charge in [0, 0.05) is 37.1 Å². The number of anilines is 1. The van der Waals surface area contributed by atoms with Crippen molar-refractivity contribution < 1.29 is 14.6 Å². The van der Waals surface area contributed by atoms with Gasteiger partial charge in [-0.25, -0.2) is 9.78 Å². The molecule has 0 radical (unpaired) electrons. The van der Waals surface area contributed by atoms with E-state index in [2.05, 4.69) is 15.2 Å². The molecular formula is C15H20BrN3O3S3. The molecule has 1 aliphatic heterocycles. The highest BCUT2D eigenvalue weighted by Gasteiger charge is 2.17. The number of carboxylic acids is 1. The number of morpholine rings is 1. The third-order valence-electron chi connectivity index (χ3n) is 3.68. The number of carboxylic acid groups (broad SMARTS) is 1. The van der Waals surface area contributed by atoms with Crippen molar-refractivity contribution in [2.24, 2.45) is 0 Å². The molecule has 1 fully saturated rings. The Bertz CT molecular complexity index is 701. The molecule has 0 amide bonds. The number of hydrogen-bond donors (Lipinski definition) is 2. The fraction of sp³-hybridized carbons (Fsp3) is 0.467. The fourth-order valence-electron chi connectivity index (χ4n) is 2.43. The molecule has 2 N–H and O–H groups in total. The predicted octanol–water partition coefficient (Wildman–Crippen LogP) is 3.61. The number of nitrogens with one attached hydrogen (secondary N) is 1. The number of carbonyl (C=O) groups is 1. The standard InChI is InChI=1S/C15H19N3O3S3.BrH/c1-22-14-10(8-12(24-14)13(19)20)11-9-23-15(17-11)16-2-3-18-4-6-21-7-5-18;/h8-9H,2-7H2,1H3,(H,16,17)(H,19,20);1H. The van der Waals surface area contributed by atoms with Crippen molar-refractivity contribution in [3.63, 3.8) is 0 Å². The van der Waals surface area contributed by atoms with Crippen LogP contribution >= 0.6 is 51.4 Å². The van der Waals surface area contributed by atoms with Gasteiger partial charge < -0.3 is 15.2 Å². The third-order valence-corrected chi connectivity index (χ3v) is 6.74. The van der Waals surface area contributed by atoms with E-state index in [1.807, 2.05) is 11.6 Å². The molecule has 1 saturated heterocycles. The highest BCUT2D eigenvalue weighted by atomic mass is 79.9. The normalized spacial score (nSPS) is 14.9. The number of ether oxygens (including phenoxy) is 1. The lowest BCUT2D eigenvalue weighted by Crippen LogP contribution is -2.38. The van der Waals surface area contributed by atoms with Crippen LogP contribution in [0.15, 0.2) is 15.7 Å². The quantitative estimate of drug-likeness (QED) is 0.604. The van der Waals surface area contributed by atoms with Gasteiger partial charge in [-0.15, -0.1) is 51.4 Å². The zero-order valence-corrected chi connectivity index (χ0v) is 17.9. The summed E-state index contributed by atoms with van der Waals surface area (Å²) in [5.74, 6) is -0.888. The molecule has 3 heterocycles. The van der Waals surface area contributed by atoms with Gasteiger partial charge in [-0.1, -0.05) is 0 Å². The number of aromatic nitrogens is 1. The number of thioether (sulfide) groups is 1. The van der Waals surface area contributed by atoms with Gasteiger partial charge in [0.1, 0.15) is 4.88 Å². The third kappa shape index (κ3) is 5.41. The summed E-state index contributed by atoms with van der Waals surface area (Å²) in [6.45, 7) is 5.39. The molecule has 25 heavy (non-hydrogen) atoms. The lowest BCUT2D eigenvalue weighted by atomic mass is 10.2. The summed E-state index contributed by atoms with van der Waals surface area (Å²) in [7, 11) is 0. The monoisotopic (exact) mass is 465 g/mol. The van der Waals surface area contributed by atoms with Gasteiger partial charge in [-0.2, -0.15) is 0 Å². The molecule has 0 atom stereocenters. The first-order valence-corrected chi connectivity index (χ1v) is 10.5. The topological polar surface area (TPSA) is 74.7 Å². The molecule has 0 spiro atoms.